The highest BCUT2D eigenvalue weighted by Gasteiger charge is 2.02. The fourth-order valence-corrected chi connectivity index (χ4v) is 2.72. The maximum atomic E-state index is 11.6. The number of aromatic nitrogens is 2. The number of hydrogen-bond donors (Lipinski definition) is 2. The summed E-state index contributed by atoms with van der Waals surface area (Å²) in [4.78, 5) is 18.6. The predicted molar refractivity (Wildman–Crippen MR) is 82.9 cm³/mol. The first-order chi connectivity index (χ1) is 9.74. The minimum absolute atomic E-state index is 0.0524. The molecule has 0 atom stereocenters. The summed E-state index contributed by atoms with van der Waals surface area (Å²) in [6, 6.07) is 7.69. The molecular formula is C14H16ClN3OS. The van der Waals surface area contributed by atoms with Gasteiger partial charge in [0.15, 0.2) is 0 Å². The Morgan fingerprint density at radius 3 is 3.10 bits per heavy atom. The zero-order valence-corrected chi connectivity index (χ0v) is 12.5. The van der Waals surface area contributed by atoms with Crippen molar-refractivity contribution in [2.75, 3.05) is 12.3 Å². The number of amides is 1. The maximum Gasteiger partial charge on any atom is 0.230 e. The number of imidazole rings is 1. The van der Waals surface area contributed by atoms with Crippen LogP contribution in [0.2, 0.25) is 5.02 Å². The van der Waals surface area contributed by atoms with Crippen molar-refractivity contribution in [1.82, 2.24) is 15.3 Å². The maximum absolute atomic E-state index is 11.6. The summed E-state index contributed by atoms with van der Waals surface area (Å²) in [6.07, 6.45) is 4.17. The van der Waals surface area contributed by atoms with Crippen molar-refractivity contribution < 1.29 is 4.79 Å². The van der Waals surface area contributed by atoms with E-state index < -0.39 is 0 Å². The summed E-state index contributed by atoms with van der Waals surface area (Å²) >= 11 is 7.49. The molecule has 106 valence electrons. The number of carbonyl (C=O) groups excluding carboxylic acids is 1. The molecule has 0 spiro atoms. The van der Waals surface area contributed by atoms with Gasteiger partial charge in [0.25, 0.3) is 0 Å². The number of hydrogen-bond acceptors (Lipinski definition) is 3. The van der Waals surface area contributed by atoms with E-state index in [9.17, 15) is 4.79 Å². The summed E-state index contributed by atoms with van der Waals surface area (Å²) in [7, 11) is 0. The minimum Gasteiger partial charge on any atom is -0.355 e. The molecule has 1 aromatic heterocycles. The van der Waals surface area contributed by atoms with Crippen LogP contribution < -0.4 is 5.32 Å². The number of carbonyl (C=O) groups is 1. The SMILES string of the molecule is O=C(CSCc1cccc(Cl)c1)NCCc1cnc[nH]1. The van der Waals surface area contributed by atoms with Crippen molar-refractivity contribution in [3.8, 4) is 0 Å². The molecule has 2 aromatic rings. The van der Waals surface area contributed by atoms with Gasteiger partial charge in [0.1, 0.15) is 0 Å². The van der Waals surface area contributed by atoms with Crippen LogP contribution in [0, 0.1) is 0 Å². The highest BCUT2D eigenvalue weighted by molar-refractivity contribution is 7.99. The normalized spacial score (nSPS) is 10.4. The van der Waals surface area contributed by atoms with E-state index in [1.54, 1.807) is 24.3 Å². The summed E-state index contributed by atoms with van der Waals surface area (Å²) in [5.74, 6) is 1.29. The van der Waals surface area contributed by atoms with Gasteiger partial charge in [0.05, 0.1) is 12.1 Å². The molecule has 0 aliphatic carbocycles. The fourth-order valence-electron chi connectivity index (χ4n) is 1.70. The highest BCUT2D eigenvalue weighted by atomic mass is 35.5. The van der Waals surface area contributed by atoms with E-state index in [2.05, 4.69) is 15.3 Å². The first kappa shape index (κ1) is 14.9. The van der Waals surface area contributed by atoms with Crippen LogP contribution in [0.15, 0.2) is 36.8 Å². The van der Waals surface area contributed by atoms with E-state index in [0.717, 1.165) is 28.5 Å². The third kappa shape index (κ3) is 5.27. The van der Waals surface area contributed by atoms with Crippen molar-refractivity contribution in [3.63, 3.8) is 0 Å². The summed E-state index contributed by atoms with van der Waals surface area (Å²) in [6.45, 7) is 0.624. The highest BCUT2D eigenvalue weighted by Crippen LogP contribution is 2.16. The van der Waals surface area contributed by atoms with Gasteiger partial charge < -0.3 is 10.3 Å². The second-order valence-corrected chi connectivity index (χ2v) is 5.72. The van der Waals surface area contributed by atoms with Gasteiger partial charge in [-0.25, -0.2) is 4.98 Å². The van der Waals surface area contributed by atoms with E-state index in [1.165, 1.54) is 0 Å². The summed E-state index contributed by atoms with van der Waals surface area (Å²) < 4.78 is 0. The summed E-state index contributed by atoms with van der Waals surface area (Å²) in [5, 5.41) is 3.61. The van der Waals surface area contributed by atoms with Crippen molar-refractivity contribution in [2.45, 2.75) is 12.2 Å². The first-order valence-corrected chi connectivity index (χ1v) is 7.83. The molecule has 0 unspecified atom stereocenters. The zero-order valence-electron chi connectivity index (χ0n) is 10.9. The standard InChI is InChI=1S/C14H16ClN3OS/c15-12-3-1-2-11(6-12)8-20-9-14(19)17-5-4-13-7-16-10-18-13/h1-3,6-7,10H,4-5,8-9H2,(H,16,18)(H,17,19). The number of halogens is 1. The Kier molecular flexibility index (Phi) is 5.95. The van der Waals surface area contributed by atoms with E-state index in [-0.39, 0.29) is 5.91 Å². The second-order valence-electron chi connectivity index (χ2n) is 4.30. The van der Waals surface area contributed by atoms with Gasteiger partial charge in [-0.15, -0.1) is 11.8 Å². The zero-order chi connectivity index (χ0) is 14.2. The van der Waals surface area contributed by atoms with Crippen LogP contribution in [-0.2, 0) is 17.0 Å². The van der Waals surface area contributed by atoms with E-state index in [4.69, 9.17) is 11.6 Å². The molecule has 0 bridgehead atoms. The van der Waals surface area contributed by atoms with Crippen LogP contribution in [0.1, 0.15) is 11.3 Å². The Morgan fingerprint density at radius 2 is 2.35 bits per heavy atom. The first-order valence-electron chi connectivity index (χ1n) is 6.30. The molecule has 1 aromatic carbocycles. The van der Waals surface area contributed by atoms with E-state index in [1.807, 2.05) is 24.3 Å². The van der Waals surface area contributed by atoms with Gasteiger partial charge in [0, 0.05) is 35.6 Å². The fraction of sp³-hybridized carbons (Fsp3) is 0.286. The Bertz CT molecular complexity index is 545. The van der Waals surface area contributed by atoms with Gasteiger partial charge in [-0.2, -0.15) is 0 Å². The van der Waals surface area contributed by atoms with Crippen LogP contribution in [0.4, 0.5) is 0 Å². The molecule has 20 heavy (non-hydrogen) atoms. The lowest BCUT2D eigenvalue weighted by Gasteiger charge is -2.05. The van der Waals surface area contributed by atoms with Crippen LogP contribution >= 0.6 is 23.4 Å². The molecule has 0 radical (unpaired) electrons. The van der Waals surface area contributed by atoms with Crippen LogP contribution in [-0.4, -0.2) is 28.2 Å². The molecule has 0 fully saturated rings. The Balaban J connectivity index is 1.60. The molecule has 1 heterocycles. The van der Waals surface area contributed by atoms with Crippen LogP contribution in [0.25, 0.3) is 0 Å². The van der Waals surface area contributed by atoms with Crippen molar-refractivity contribution >= 4 is 29.3 Å². The molecule has 2 N–H and O–H groups in total. The van der Waals surface area contributed by atoms with Gasteiger partial charge in [0.2, 0.25) is 5.91 Å². The Labute approximate surface area is 127 Å². The van der Waals surface area contributed by atoms with E-state index in [0.29, 0.717) is 12.3 Å². The molecule has 4 nitrogen and oxygen atoms in total. The average Bonchev–Trinajstić information content (AvgIpc) is 2.92. The van der Waals surface area contributed by atoms with Gasteiger partial charge >= 0.3 is 0 Å². The van der Waals surface area contributed by atoms with Crippen molar-refractivity contribution in [1.29, 1.82) is 0 Å². The lowest BCUT2D eigenvalue weighted by molar-refractivity contribution is -0.118. The molecule has 0 aliphatic rings. The molecule has 0 saturated heterocycles. The van der Waals surface area contributed by atoms with Crippen LogP contribution in [0.5, 0.6) is 0 Å². The number of thioether (sulfide) groups is 1. The van der Waals surface area contributed by atoms with Crippen LogP contribution in [0.3, 0.4) is 0 Å². The molecule has 0 saturated carbocycles. The number of benzene rings is 1. The minimum atomic E-state index is 0.0524. The Hall–Kier alpha value is -1.46. The lowest BCUT2D eigenvalue weighted by Crippen LogP contribution is -2.27. The average molecular weight is 310 g/mol. The quantitative estimate of drug-likeness (QED) is 0.826. The van der Waals surface area contributed by atoms with Gasteiger partial charge in [-0.05, 0) is 17.7 Å². The number of nitrogens with one attached hydrogen (secondary N) is 2. The molecule has 0 aliphatic heterocycles. The lowest BCUT2D eigenvalue weighted by atomic mass is 10.2. The van der Waals surface area contributed by atoms with Gasteiger partial charge in [-0.1, -0.05) is 23.7 Å². The van der Waals surface area contributed by atoms with Crippen molar-refractivity contribution in [2.24, 2.45) is 0 Å². The summed E-state index contributed by atoms with van der Waals surface area (Å²) in [5.41, 5.74) is 2.16. The molecular weight excluding hydrogens is 294 g/mol. The molecule has 1 amide bonds. The third-order valence-corrected chi connectivity index (χ3v) is 3.90. The molecule has 6 heteroatoms. The smallest absolute Gasteiger partial charge is 0.230 e. The van der Waals surface area contributed by atoms with E-state index >= 15 is 0 Å². The largest absolute Gasteiger partial charge is 0.355 e. The number of nitrogens with zero attached hydrogens (tertiary/aromatic N) is 1. The number of aromatic amines is 1. The molecule has 2 rings (SSSR count). The van der Waals surface area contributed by atoms with Crippen molar-refractivity contribution in [3.05, 3.63) is 53.1 Å². The third-order valence-electron chi connectivity index (χ3n) is 2.66. The second kappa shape index (κ2) is 7.97. The Morgan fingerprint density at radius 1 is 1.45 bits per heavy atom. The van der Waals surface area contributed by atoms with Gasteiger partial charge in [-0.3, -0.25) is 4.79 Å². The number of H-pyrrole nitrogens is 1. The number of rotatable bonds is 7. The topological polar surface area (TPSA) is 57.8 Å². The monoisotopic (exact) mass is 309 g/mol. The predicted octanol–water partition coefficient (Wildman–Crippen LogP) is 2.66.